The van der Waals surface area contributed by atoms with Gasteiger partial charge in [0.25, 0.3) is 0 Å². The number of rotatable bonds is 6. The first-order valence-electron chi connectivity index (χ1n) is 8.58. The minimum atomic E-state index is -3.62. The number of carboxylic acids is 1. The molecule has 1 aliphatic heterocycles. The molecular weight excluding hydrogens is 368 g/mol. The number of nitrogens with one attached hydrogen (secondary N) is 1. The van der Waals surface area contributed by atoms with Gasteiger partial charge in [0.1, 0.15) is 11.4 Å². The molecule has 0 unspecified atom stereocenters. The van der Waals surface area contributed by atoms with E-state index in [9.17, 15) is 18.3 Å². The number of benzene rings is 1. The van der Waals surface area contributed by atoms with Crippen LogP contribution in [0.4, 0.5) is 5.82 Å². The standard InChI is InChI=1S/C18H22N4O4S/c1-21-9-11-22(12-10-21)27(25,26)16-7-3-2-5-14(16)13-20-17-15(18(23)24)6-4-8-19-17/h2-8H,9-13H2,1H3,(H,19,20)(H,23,24). The van der Waals surface area contributed by atoms with Crippen LogP contribution in [0.1, 0.15) is 15.9 Å². The second-order valence-corrected chi connectivity index (χ2v) is 8.28. The summed E-state index contributed by atoms with van der Waals surface area (Å²) in [5.41, 5.74) is 0.607. The maximum Gasteiger partial charge on any atom is 0.339 e. The van der Waals surface area contributed by atoms with Crippen molar-refractivity contribution in [2.24, 2.45) is 0 Å². The normalized spacial score (nSPS) is 16.2. The van der Waals surface area contributed by atoms with Crippen molar-refractivity contribution in [1.29, 1.82) is 0 Å². The van der Waals surface area contributed by atoms with Crippen LogP contribution in [0.15, 0.2) is 47.5 Å². The van der Waals surface area contributed by atoms with Gasteiger partial charge in [-0.05, 0) is 30.8 Å². The van der Waals surface area contributed by atoms with Crippen LogP contribution >= 0.6 is 0 Å². The maximum atomic E-state index is 13.1. The van der Waals surface area contributed by atoms with Crippen molar-refractivity contribution in [1.82, 2.24) is 14.2 Å². The van der Waals surface area contributed by atoms with Crippen molar-refractivity contribution in [3.63, 3.8) is 0 Å². The Kier molecular flexibility index (Phi) is 5.73. The minimum Gasteiger partial charge on any atom is -0.478 e. The molecular formula is C18H22N4O4S. The number of hydrogen-bond acceptors (Lipinski definition) is 6. The highest BCUT2D eigenvalue weighted by Gasteiger charge is 2.29. The number of nitrogens with zero attached hydrogens (tertiary/aromatic N) is 3. The Labute approximate surface area is 158 Å². The van der Waals surface area contributed by atoms with Gasteiger partial charge in [0.2, 0.25) is 10.0 Å². The van der Waals surface area contributed by atoms with Crippen LogP contribution in [-0.4, -0.2) is 66.9 Å². The first-order valence-corrected chi connectivity index (χ1v) is 10.0. The first-order chi connectivity index (χ1) is 12.9. The molecule has 27 heavy (non-hydrogen) atoms. The van der Waals surface area contributed by atoms with Crippen molar-refractivity contribution in [2.75, 3.05) is 38.5 Å². The SMILES string of the molecule is CN1CCN(S(=O)(=O)c2ccccc2CNc2ncccc2C(=O)O)CC1. The Morgan fingerprint density at radius 1 is 1.15 bits per heavy atom. The summed E-state index contributed by atoms with van der Waals surface area (Å²) in [6.45, 7) is 2.43. The first kappa shape index (κ1) is 19.3. The Bertz CT molecular complexity index is 924. The number of sulfonamides is 1. The fourth-order valence-corrected chi connectivity index (χ4v) is 4.61. The van der Waals surface area contributed by atoms with E-state index in [1.165, 1.54) is 16.6 Å². The van der Waals surface area contributed by atoms with Crippen LogP contribution in [0.5, 0.6) is 0 Å². The molecule has 8 nitrogen and oxygen atoms in total. The average molecular weight is 390 g/mol. The topological polar surface area (TPSA) is 103 Å². The van der Waals surface area contributed by atoms with Crippen molar-refractivity contribution in [3.05, 3.63) is 53.7 Å². The number of likely N-dealkylation sites (N-methyl/N-ethyl adjacent to an activating group) is 1. The van der Waals surface area contributed by atoms with E-state index >= 15 is 0 Å². The number of anilines is 1. The molecule has 0 saturated carbocycles. The van der Waals surface area contributed by atoms with Gasteiger partial charge in [-0.2, -0.15) is 4.31 Å². The molecule has 0 spiro atoms. The Balaban J connectivity index is 1.84. The fraction of sp³-hybridized carbons (Fsp3) is 0.333. The van der Waals surface area contributed by atoms with Gasteiger partial charge in [-0.15, -0.1) is 0 Å². The smallest absolute Gasteiger partial charge is 0.339 e. The summed E-state index contributed by atoms with van der Waals surface area (Å²) in [6.07, 6.45) is 1.49. The largest absolute Gasteiger partial charge is 0.478 e. The van der Waals surface area contributed by atoms with E-state index in [-0.39, 0.29) is 22.8 Å². The molecule has 0 aliphatic carbocycles. The van der Waals surface area contributed by atoms with E-state index in [1.807, 2.05) is 7.05 Å². The molecule has 0 bridgehead atoms. The highest BCUT2D eigenvalue weighted by molar-refractivity contribution is 7.89. The van der Waals surface area contributed by atoms with Gasteiger partial charge in [0, 0.05) is 38.9 Å². The number of aromatic carboxylic acids is 1. The van der Waals surface area contributed by atoms with E-state index < -0.39 is 16.0 Å². The zero-order valence-corrected chi connectivity index (χ0v) is 15.8. The number of carbonyl (C=O) groups is 1. The Morgan fingerprint density at radius 2 is 1.85 bits per heavy atom. The van der Waals surface area contributed by atoms with Crippen molar-refractivity contribution < 1.29 is 18.3 Å². The lowest BCUT2D eigenvalue weighted by Gasteiger charge is -2.32. The number of piperazine rings is 1. The predicted molar refractivity (Wildman–Crippen MR) is 101 cm³/mol. The van der Waals surface area contributed by atoms with Crippen LogP contribution in [-0.2, 0) is 16.6 Å². The second-order valence-electron chi connectivity index (χ2n) is 6.37. The van der Waals surface area contributed by atoms with Crippen molar-refractivity contribution in [3.8, 4) is 0 Å². The Hall–Kier alpha value is -2.49. The summed E-state index contributed by atoms with van der Waals surface area (Å²) < 4.78 is 27.6. The summed E-state index contributed by atoms with van der Waals surface area (Å²) >= 11 is 0. The molecule has 0 radical (unpaired) electrons. The number of aromatic nitrogens is 1. The number of hydrogen-bond donors (Lipinski definition) is 2. The molecule has 2 N–H and O–H groups in total. The fourth-order valence-electron chi connectivity index (χ4n) is 2.97. The number of carboxylic acid groups (broad SMARTS) is 1. The third kappa shape index (κ3) is 4.26. The van der Waals surface area contributed by atoms with E-state index in [0.29, 0.717) is 31.7 Å². The zero-order chi connectivity index (χ0) is 19.4. The van der Waals surface area contributed by atoms with Crippen molar-refractivity contribution >= 4 is 21.8 Å². The van der Waals surface area contributed by atoms with E-state index in [4.69, 9.17) is 0 Å². The van der Waals surface area contributed by atoms with Crippen LogP contribution in [0.3, 0.4) is 0 Å². The van der Waals surface area contributed by atoms with Crippen LogP contribution in [0, 0.1) is 0 Å². The van der Waals surface area contributed by atoms with E-state index in [1.54, 1.807) is 30.3 Å². The molecule has 1 aromatic heterocycles. The molecule has 2 heterocycles. The van der Waals surface area contributed by atoms with Gasteiger partial charge >= 0.3 is 5.97 Å². The van der Waals surface area contributed by atoms with Gasteiger partial charge in [-0.3, -0.25) is 0 Å². The molecule has 1 saturated heterocycles. The summed E-state index contributed by atoms with van der Waals surface area (Å²) in [6, 6.07) is 9.75. The highest BCUT2D eigenvalue weighted by Crippen LogP contribution is 2.23. The van der Waals surface area contributed by atoms with Crippen LogP contribution in [0.2, 0.25) is 0 Å². The summed E-state index contributed by atoms with van der Waals surface area (Å²) in [4.78, 5) is 17.7. The predicted octanol–water partition coefficient (Wildman–Crippen LogP) is 1.33. The lowest BCUT2D eigenvalue weighted by molar-refractivity contribution is 0.0697. The average Bonchev–Trinajstić information content (AvgIpc) is 2.67. The molecule has 3 rings (SSSR count). The van der Waals surface area contributed by atoms with Gasteiger partial charge in [0.15, 0.2) is 0 Å². The van der Waals surface area contributed by atoms with Crippen LogP contribution in [0.25, 0.3) is 0 Å². The summed E-state index contributed by atoms with van der Waals surface area (Å²) in [7, 11) is -1.65. The van der Waals surface area contributed by atoms with Gasteiger partial charge < -0.3 is 15.3 Å². The maximum absolute atomic E-state index is 13.1. The third-order valence-corrected chi connectivity index (χ3v) is 6.54. The molecule has 1 aromatic carbocycles. The number of pyridine rings is 1. The molecule has 0 atom stereocenters. The zero-order valence-electron chi connectivity index (χ0n) is 15.0. The van der Waals surface area contributed by atoms with Crippen LogP contribution < -0.4 is 5.32 Å². The van der Waals surface area contributed by atoms with E-state index in [0.717, 1.165) is 0 Å². The lowest BCUT2D eigenvalue weighted by Crippen LogP contribution is -2.47. The van der Waals surface area contributed by atoms with E-state index in [2.05, 4.69) is 15.2 Å². The summed E-state index contributed by atoms with van der Waals surface area (Å²) in [5.74, 6) is -0.888. The molecule has 2 aromatic rings. The third-order valence-electron chi connectivity index (χ3n) is 4.54. The minimum absolute atomic E-state index is 0.0388. The van der Waals surface area contributed by atoms with Crippen molar-refractivity contribution in [2.45, 2.75) is 11.4 Å². The molecule has 144 valence electrons. The second kappa shape index (κ2) is 8.03. The molecule has 9 heteroatoms. The molecule has 1 fully saturated rings. The quantitative estimate of drug-likeness (QED) is 0.767. The summed E-state index contributed by atoms with van der Waals surface area (Å²) in [5, 5.41) is 12.2. The monoisotopic (exact) mass is 390 g/mol. The lowest BCUT2D eigenvalue weighted by atomic mass is 10.2. The molecule has 1 aliphatic rings. The molecule has 0 amide bonds. The highest BCUT2D eigenvalue weighted by atomic mass is 32.2. The van der Waals surface area contributed by atoms with Gasteiger partial charge in [-0.1, -0.05) is 18.2 Å². The van der Waals surface area contributed by atoms with Gasteiger partial charge in [0.05, 0.1) is 4.90 Å². The Morgan fingerprint density at radius 3 is 2.56 bits per heavy atom. The van der Waals surface area contributed by atoms with Gasteiger partial charge in [-0.25, -0.2) is 18.2 Å².